The average molecular weight is 341 g/mol. The summed E-state index contributed by atoms with van der Waals surface area (Å²) in [7, 11) is 1.66. The molecule has 3 atom stereocenters. The molecule has 110 valence electrons. The Morgan fingerprint density at radius 3 is 3.00 bits per heavy atom. The first-order valence-electron chi connectivity index (χ1n) is 7.42. The number of aromatic nitrogens is 2. The van der Waals surface area contributed by atoms with E-state index < -0.39 is 0 Å². The third kappa shape index (κ3) is 2.70. The van der Waals surface area contributed by atoms with Gasteiger partial charge in [-0.05, 0) is 52.9 Å². The van der Waals surface area contributed by atoms with E-state index >= 15 is 0 Å². The first-order chi connectivity index (χ1) is 9.69. The summed E-state index contributed by atoms with van der Waals surface area (Å²) in [5, 5.41) is 4.27. The summed E-state index contributed by atoms with van der Waals surface area (Å²) in [6, 6.07) is 0. The molecular weight excluding hydrogens is 320 g/mol. The number of ether oxygens (including phenoxy) is 1. The van der Waals surface area contributed by atoms with Gasteiger partial charge in [-0.15, -0.1) is 0 Å². The quantitative estimate of drug-likeness (QED) is 0.746. The van der Waals surface area contributed by atoms with Crippen molar-refractivity contribution in [3.8, 4) is 0 Å². The highest BCUT2D eigenvalue weighted by Crippen LogP contribution is 2.49. The largest absolute Gasteiger partial charge is 0.383 e. The van der Waals surface area contributed by atoms with Crippen molar-refractivity contribution in [1.29, 1.82) is 0 Å². The Morgan fingerprint density at radius 1 is 1.50 bits per heavy atom. The molecule has 1 aromatic heterocycles. The first kappa shape index (κ1) is 14.3. The van der Waals surface area contributed by atoms with Crippen molar-refractivity contribution in [2.75, 3.05) is 13.7 Å². The Kier molecular flexibility index (Phi) is 4.26. The normalized spacial score (nSPS) is 28.2. The minimum absolute atomic E-state index is 0.225. The van der Waals surface area contributed by atoms with Gasteiger partial charge in [0.05, 0.1) is 23.8 Å². The molecule has 0 N–H and O–H groups in total. The molecule has 2 saturated carbocycles. The molecule has 5 heteroatoms. The molecule has 3 rings (SSSR count). The maximum Gasteiger partial charge on any atom is 0.182 e. The molecule has 0 amide bonds. The molecule has 20 heavy (non-hydrogen) atoms. The summed E-state index contributed by atoms with van der Waals surface area (Å²) < 4.78 is 7.65. The van der Waals surface area contributed by atoms with E-state index in [0.29, 0.717) is 31.2 Å². The van der Waals surface area contributed by atoms with Gasteiger partial charge in [0.1, 0.15) is 5.69 Å². The summed E-state index contributed by atoms with van der Waals surface area (Å²) in [6.45, 7) is 1.20. The number of carbonyl (C=O) groups is 1. The lowest BCUT2D eigenvalue weighted by atomic mass is 9.85. The van der Waals surface area contributed by atoms with Crippen molar-refractivity contribution in [2.24, 2.45) is 17.8 Å². The number of hydrogen-bond donors (Lipinski definition) is 0. The molecular formula is C15H21BrN2O2. The number of nitrogens with zero attached hydrogens (tertiary/aromatic N) is 2. The van der Waals surface area contributed by atoms with Crippen LogP contribution in [0.4, 0.5) is 0 Å². The highest BCUT2D eigenvalue weighted by Gasteiger charge is 2.40. The fourth-order valence-electron chi connectivity index (χ4n) is 3.95. The van der Waals surface area contributed by atoms with Gasteiger partial charge in [-0.25, -0.2) is 0 Å². The lowest BCUT2D eigenvalue weighted by Gasteiger charge is -2.21. The molecule has 2 aliphatic rings. The van der Waals surface area contributed by atoms with Gasteiger partial charge in [-0.3, -0.25) is 9.48 Å². The Balaban J connectivity index is 1.69. The van der Waals surface area contributed by atoms with Gasteiger partial charge >= 0.3 is 0 Å². The summed E-state index contributed by atoms with van der Waals surface area (Å²) in [5.74, 6) is 2.50. The second-order valence-corrected chi connectivity index (χ2v) is 6.97. The highest BCUT2D eigenvalue weighted by molar-refractivity contribution is 9.10. The number of halogens is 1. The summed E-state index contributed by atoms with van der Waals surface area (Å²) in [5.41, 5.74) is 0.713. The molecule has 2 aliphatic carbocycles. The van der Waals surface area contributed by atoms with E-state index in [9.17, 15) is 4.79 Å². The van der Waals surface area contributed by atoms with Crippen LogP contribution in [0.5, 0.6) is 0 Å². The summed E-state index contributed by atoms with van der Waals surface area (Å²) >= 11 is 3.46. The molecule has 2 fully saturated rings. The molecule has 1 aromatic rings. The van der Waals surface area contributed by atoms with Crippen molar-refractivity contribution in [3.63, 3.8) is 0 Å². The van der Waals surface area contributed by atoms with Crippen LogP contribution in [0.15, 0.2) is 10.7 Å². The zero-order chi connectivity index (χ0) is 14.1. The van der Waals surface area contributed by atoms with Crippen LogP contribution >= 0.6 is 15.9 Å². The number of carbonyl (C=O) groups excluding carboxylic acids is 1. The Labute approximate surface area is 128 Å². The lowest BCUT2D eigenvalue weighted by Crippen LogP contribution is -2.19. The molecule has 0 radical (unpaired) electrons. The van der Waals surface area contributed by atoms with Crippen LogP contribution in [0, 0.1) is 17.8 Å². The number of ketones is 1. The Morgan fingerprint density at radius 2 is 2.35 bits per heavy atom. The van der Waals surface area contributed by atoms with Crippen LogP contribution in [0.3, 0.4) is 0 Å². The fraction of sp³-hybridized carbons (Fsp3) is 0.733. The predicted octanol–water partition coefficient (Wildman–Crippen LogP) is 3.30. The average Bonchev–Trinajstić information content (AvgIpc) is 3.11. The number of fused-ring (bicyclic) bond motifs is 2. The highest BCUT2D eigenvalue weighted by atomic mass is 79.9. The number of methoxy groups -OCH3 is 1. The predicted molar refractivity (Wildman–Crippen MR) is 79.7 cm³/mol. The number of Topliss-reactive ketones (excluding diaryl/α,β-unsaturated/α-hetero) is 1. The van der Waals surface area contributed by atoms with Crippen LogP contribution in [-0.4, -0.2) is 29.3 Å². The maximum absolute atomic E-state index is 12.6. The van der Waals surface area contributed by atoms with E-state index in [0.717, 1.165) is 16.3 Å². The first-order valence-corrected chi connectivity index (χ1v) is 8.21. The molecule has 2 bridgehead atoms. The van der Waals surface area contributed by atoms with Crippen LogP contribution in [-0.2, 0) is 11.3 Å². The molecule has 0 aromatic carbocycles. The number of rotatable bonds is 6. The Hall–Kier alpha value is -0.680. The molecule has 1 heterocycles. The topological polar surface area (TPSA) is 44.1 Å². The van der Waals surface area contributed by atoms with Gasteiger partial charge in [-0.2, -0.15) is 5.10 Å². The molecule has 0 spiro atoms. The summed E-state index contributed by atoms with van der Waals surface area (Å²) in [4.78, 5) is 12.6. The van der Waals surface area contributed by atoms with Crippen molar-refractivity contribution in [3.05, 3.63) is 16.4 Å². The van der Waals surface area contributed by atoms with Crippen LogP contribution < -0.4 is 0 Å². The van der Waals surface area contributed by atoms with Gasteiger partial charge in [0.15, 0.2) is 5.78 Å². The van der Waals surface area contributed by atoms with Gasteiger partial charge in [0, 0.05) is 13.5 Å². The van der Waals surface area contributed by atoms with E-state index in [1.54, 1.807) is 18.0 Å². The van der Waals surface area contributed by atoms with Crippen molar-refractivity contribution < 1.29 is 9.53 Å². The smallest absolute Gasteiger partial charge is 0.182 e. The minimum atomic E-state index is 0.225. The number of hydrogen-bond acceptors (Lipinski definition) is 3. The van der Waals surface area contributed by atoms with E-state index in [-0.39, 0.29) is 5.78 Å². The monoisotopic (exact) mass is 340 g/mol. The molecule has 0 saturated heterocycles. The van der Waals surface area contributed by atoms with Gasteiger partial charge in [0.2, 0.25) is 0 Å². The van der Waals surface area contributed by atoms with E-state index in [4.69, 9.17) is 4.74 Å². The molecule has 3 unspecified atom stereocenters. The van der Waals surface area contributed by atoms with Crippen molar-refractivity contribution in [1.82, 2.24) is 9.78 Å². The van der Waals surface area contributed by atoms with Crippen molar-refractivity contribution >= 4 is 21.7 Å². The SMILES string of the molecule is COCCn1ncc(Br)c1C(=O)CC1CC2CCC1C2. The summed E-state index contributed by atoms with van der Waals surface area (Å²) in [6.07, 6.45) is 7.70. The van der Waals surface area contributed by atoms with Gasteiger partial charge in [-0.1, -0.05) is 6.42 Å². The zero-order valence-electron chi connectivity index (χ0n) is 11.8. The minimum Gasteiger partial charge on any atom is -0.383 e. The van der Waals surface area contributed by atoms with E-state index in [1.807, 2.05) is 0 Å². The third-order valence-corrected chi connectivity index (χ3v) is 5.48. The fourth-order valence-corrected chi connectivity index (χ4v) is 4.47. The second kappa shape index (κ2) is 5.98. The van der Waals surface area contributed by atoms with E-state index in [1.165, 1.54) is 25.7 Å². The second-order valence-electron chi connectivity index (χ2n) is 6.12. The maximum atomic E-state index is 12.6. The van der Waals surface area contributed by atoms with Crippen LogP contribution in [0.2, 0.25) is 0 Å². The van der Waals surface area contributed by atoms with Crippen LogP contribution in [0.25, 0.3) is 0 Å². The van der Waals surface area contributed by atoms with Gasteiger partial charge in [0.25, 0.3) is 0 Å². The Bertz CT molecular complexity index is 500. The lowest BCUT2D eigenvalue weighted by molar-refractivity contribution is 0.0929. The van der Waals surface area contributed by atoms with Gasteiger partial charge < -0.3 is 4.74 Å². The molecule has 4 nitrogen and oxygen atoms in total. The van der Waals surface area contributed by atoms with E-state index in [2.05, 4.69) is 21.0 Å². The zero-order valence-corrected chi connectivity index (χ0v) is 13.4. The van der Waals surface area contributed by atoms with Crippen LogP contribution in [0.1, 0.15) is 42.6 Å². The molecule has 0 aliphatic heterocycles. The van der Waals surface area contributed by atoms with Crippen molar-refractivity contribution in [2.45, 2.75) is 38.6 Å². The standard InChI is InChI=1S/C15H21BrN2O2/c1-20-5-4-18-15(13(16)9-17-18)14(19)8-12-7-10-2-3-11(12)6-10/h9-12H,2-8H2,1H3. The third-order valence-electron chi connectivity index (χ3n) is 4.90.